The van der Waals surface area contributed by atoms with Crippen LogP contribution in [0, 0.1) is 10.1 Å². The molecule has 0 bridgehead atoms. The average molecular weight is 477 g/mol. The largest absolute Gasteiger partial charge is 0.367 e. The normalized spacial score (nSPS) is 21.1. The number of nitro benzene ring substituents is 1. The minimum absolute atomic E-state index is 0.0435. The fraction of sp³-hybridized carbons (Fsp3) is 0.462. The zero-order valence-electron chi connectivity index (χ0n) is 19.8. The first kappa shape index (κ1) is 23.3. The van der Waals surface area contributed by atoms with Gasteiger partial charge in [0.1, 0.15) is 17.2 Å². The molecule has 9 nitrogen and oxygen atoms in total. The van der Waals surface area contributed by atoms with Gasteiger partial charge in [-0.3, -0.25) is 19.3 Å². The van der Waals surface area contributed by atoms with Crippen molar-refractivity contribution in [1.82, 2.24) is 14.7 Å². The number of anilines is 1. The van der Waals surface area contributed by atoms with Gasteiger partial charge in [0, 0.05) is 47.6 Å². The Balaban J connectivity index is 1.46. The van der Waals surface area contributed by atoms with Gasteiger partial charge in [0.25, 0.3) is 11.6 Å². The van der Waals surface area contributed by atoms with E-state index in [0.29, 0.717) is 17.3 Å². The van der Waals surface area contributed by atoms with Gasteiger partial charge in [-0.25, -0.2) is 4.98 Å². The molecule has 0 radical (unpaired) electrons. The van der Waals surface area contributed by atoms with Crippen molar-refractivity contribution < 1.29 is 9.72 Å². The van der Waals surface area contributed by atoms with E-state index in [1.165, 1.54) is 31.4 Å². The number of imidazole rings is 1. The first-order chi connectivity index (χ1) is 17.0. The van der Waals surface area contributed by atoms with Crippen LogP contribution in [0.25, 0.3) is 16.9 Å². The maximum Gasteiger partial charge on any atom is 0.269 e. The molecule has 184 valence electrons. The van der Waals surface area contributed by atoms with Crippen LogP contribution in [0.5, 0.6) is 0 Å². The van der Waals surface area contributed by atoms with Crippen molar-refractivity contribution in [1.29, 1.82) is 0 Å². The van der Waals surface area contributed by atoms with Gasteiger partial charge in [-0.05, 0) is 62.8 Å². The SMILES string of the molecule is NC1CCC(NC(=O)c2ccn3c(NC4CCCCC4)c(-c4ccc([N+](=O)[O-])cc4)nc3c2)CC1. The summed E-state index contributed by atoms with van der Waals surface area (Å²) in [6.07, 6.45) is 11.4. The maximum absolute atomic E-state index is 13.0. The van der Waals surface area contributed by atoms with Crippen molar-refractivity contribution in [2.24, 2.45) is 5.73 Å². The Bertz CT molecular complexity index is 1210. The van der Waals surface area contributed by atoms with Crippen LogP contribution in [0.15, 0.2) is 42.6 Å². The molecule has 0 unspecified atom stereocenters. The molecule has 0 atom stereocenters. The molecule has 2 aliphatic carbocycles. The number of hydrogen-bond donors (Lipinski definition) is 3. The van der Waals surface area contributed by atoms with E-state index in [9.17, 15) is 14.9 Å². The average Bonchev–Trinajstić information content (AvgIpc) is 3.23. The molecule has 2 aromatic heterocycles. The van der Waals surface area contributed by atoms with E-state index in [0.717, 1.165) is 55.6 Å². The molecule has 0 spiro atoms. The van der Waals surface area contributed by atoms with Crippen molar-refractivity contribution >= 4 is 23.1 Å². The highest BCUT2D eigenvalue weighted by atomic mass is 16.6. The van der Waals surface area contributed by atoms with Crippen LogP contribution < -0.4 is 16.4 Å². The standard InChI is InChI=1S/C26H32N6O3/c27-19-8-10-21(11-9-19)29-26(33)18-14-15-31-23(16-18)30-24(17-6-12-22(13-7-17)32(34)35)25(31)28-20-4-2-1-3-5-20/h6-7,12-16,19-21,28H,1-5,8-11,27H2,(H,29,33). The summed E-state index contributed by atoms with van der Waals surface area (Å²) in [6.45, 7) is 0. The number of fused-ring (bicyclic) bond motifs is 1. The van der Waals surface area contributed by atoms with E-state index in [4.69, 9.17) is 10.7 Å². The quantitative estimate of drug-likeness (QED) is 0.351. The number of amides is 1. The van der Waals surface area contributed by atoms with Crippen LogP contribution in [0.1, 0.15) is 68.1 Å². The van der Waals surface area contributed by atoms with Gasteiger partial charge in [-0.2, -0.15) is 0 Å². The predicted molar refractivity (Wildman–Crippen MR) is 135 cm³/mol. The summed E-state index contributed by atoms with van der Waals surface area (Å²) in [5.74, 6) is 0.753. The molecule has 0 aliphatic heterocycles. The lowest BCUT2D eigenvalue weighted by atomic mass is 9.91. The molecule has 1 aromatic carbocycles. The molecule has 35 heavy (non-hydrogen) atoms. The summed E-state index contributed by atoms with van der Waals surface area (Å²) in [7, 11) is 0. The Morgan fingerprint density at radius 2 is 1.71 bits per heavy atom. The molecule has 2 fully saturated rings. The summed E-state index contributed by atoms with van der Waals surface area (Å²) in [4.78, 5) is 28.5. The fourth-order valence-corrected chi connectivity index (χ4v) is 5.24. The summed E-state index contributed by atoms with van der Waals surface area (Å²) < 4.78 is 1.97. The number of nitrogens with zero attached hydrogens (tertiary/aromatic N) is 3. The molecule has 5 rings (SSSR count). The third kappa shape index (κ3) is 5.14. The summed E-state index contributed by atoms with van der Waals surface area (Å²) in [5, 5.41) is 17.9. The van der Waals surface area contributed by atoms with Crippen LogP contribution >= 0.6 is 0 Å². The molecule has 2 saturated carbocycles. The minimum atomic E-state index is -0.403. The smallest absolute Gasteiger partial charge is 0.269 e. The van der Waals surface area contributed by atoms with E-state index >= 15 is 0 Å². The second kappa shape index (κ2) is 10.0. The number of rotatable bonds is 6. The Hall–Kier alpha value is -3.46. The van der Waals surface area contributed by atoms with Gasteiger partial charge in [0.05, 0.1) is 4.92 Å². The lowest BCUT2D eigenvalue weighted by Gasteiger charge is -2.26. The predicted octanol–water partition coefficient (Wildman–Crippen LogP) is 4.65. The number of benzene rings is 1. The van der Waals surface area contributed by atoms with E-state index in [1.807, 2.05) is 22.7 Å². The molecule has 3 aromatic rings. The fourth-order valence-electron chi connectivity index (χ4n) is 5.24. The maximum atomic E-state index is 13.0. The highest BCUT2D eigenvalue weighted by molar-refractivity contribution is 5.95. The number of non-ortho nitro benzene ring substituents is 1. The van der Waals surface area contributed by atoms with Gasteiger partial charge in [0.2, 0.25) is 0 Å². The summed E-state index contributed by atoms with van der Waals surface area (Å²) in [5.41, 5.74) is 8.78. The molecular weight excluding hydrogens is 444 g/mol. The van der Waals surface area contributed by atoms with Gasteiger partial charge in [-0.1, -0.05) is 19.3 Å². The van der Waals surface area contributed by atoms with Gasteiger partial charge < -0.3 is 16.4 Å². The number of nitrogens with two attached hydrogens (primary N) is 1. The van der Waals surface area contributed by atoms with Crippen molar-refractivity contribution in [2.75, 3.05) is 5.32 Å². The molecular formula is C26H32N6O3. The number of hydrogen-bond acceptors (Lipinski definition) is 6. The van der Waals surface area contributed by atoms with E-state index < -0.39 is 4.92 Å². The van der Waals surface area contributed by atoms with Crippen LogP contribution in [-0.4, -0.2) is 38.3 Å². The molecule has 2 heterocycles. The topological polar surface area (TPSA) is 128 Å². The first-order valence-corrected chi connectivity index (χ1v) is 12.6. The Kier molecular flexibility index (Phi) is 6.68. The van der Waals surface area contributed by atoms with Crippen molar-refractivity contribution in [3.8, 4) is 11.3 Å². The van der Waals surface area contributed by atoms with Crippen LogP contribution in [-0.2, 0) is 0 Å². The van der Waals surface area contributed by atoms with E-state index in [2.05, 4.69) is 10.6 Å². The second-order valence-electron chi connectivity index (χ2n) is 9.82. The lowest BCUT2D eigenvalue weighted by Crippen LogP contribution is -2.40. The van der Waals surface area contributed by atoms with E-state index in [-0.39, 0.29) is 23.7 Å². The van der Waals surface area contributed by atoms with Crippen LogP contribution in [0.2, 0.25) is 0 Å². The molecule has 1 amide bonds. The van der Waals surface area contributed by atoms with Gasteiger partial charge in [0.15, 0.2) is 0 Å². The highest BCUT2D eigenvalue weighted by Gasteiger charge is 2.23. The minimum Gasteiger partial charge on any atom is -0.367 e. The second-order valence-corrected chi connectivity index (χ2v) is 9.82. The Morgan fingerprint density at radius 1 is 1.00 bits per heavy atom. The van der Waals surface area contributed by atoms with Gasteiger partial charge >= 0.3 is 0 Å². The molecule has 4 N–H and O–H groups in total. The number of aromatic nitrogens is 2. The van der Waals surface area contributed by atoms with Gasteiger partial charge in [-0.15, -0.1) is 0 Å². The van der Waals surface area contributed by atoms with Crippen LogP contribution in [0.4, 0.5) is 11.5 Å². The van der Waals surface area contributed by atoms with Crippen molar-refractivity contribution in [3.05, 3.63) is 58.3 Å². The molecule has 2 aliphatic rings. The number of pyridine rings is 1. The monoisotopic (exact) mass is 476 g/mol. The highest BCUT2D eigenvalue weighted by Crippen LogP contribution is 2.32. The van der Waals surface area contributed by atoms with Crippen molar-refractivity contribution in [2.45, 2.75) is 75.9 Å². The molecule has 9 heteroatoms. The lowest BCUT2D eigenvalue weighted by molar-refractivity contribution is -0.384. The van der Waals surface area contributed by atoms with Crippen LogP contribution in [0.3, 0.4) is 0 Å². The van der Waals surface area contributed by atoms with E-state index in [1.54, 1.807) is 12.1 Å². The zero-order valence-corrected chi connectivity index (χ0v) is 19.8. The Labute approximate surface area is 204 Å². The third-order valence-electron chi connectivity index (χ3n) is 7.29. The third-order valence-corrected chi connectivity index (χ3v) is 7.29. The van der Waals surface area contributed by atoms with Crippen molar-refractivity contribution in [3.63, 3.8) is 0 Å². The molecule has 0 saturated heterocycles. The number of carbonyl (C=O) groups is 1. The zero-order chi connectivity index (χ0) is 24.4. The number of carbonyl (C=O) groups excluding carboxylic acids is 1. The summed E-state index contributed by atoms with van der Waals surface area (Å²) in [6, 6.07) is 10.8. The first-order valence-electron chi connectivity index (χ1n) is 12.6. The number of nitro groups is 1. The Morgan fingerprint density at radius 3 is 2.40 bits per heavy atom. The number of nitrogens with one attached hydrogen (secondary N) is 2. The summed E-state index contributed by atoms with van der Waals surface area (Å²) >= 11 is 0.